The van der Waals surface area contributed by atoms with Crippen molar-refractivity contribution in [1.29, 1.82) is 0 Å². The van der Waals surface area contributed by atoms with Crippen molar-refractivity contribution in [3.05, 3.63) is 12.7 Å². The van der Waals surface area contributed by atoms with Crippen LogP contribution in [0.25, 0.3) is 0 Å². The number of hydrogen-bond acceptors (Lipinski definition) is 2. The van der Waals surface area contributed by atoms with Crippen molar-refractivity contribution in [3.63, 3.8) is 0 Å². The molecule has 0 aromatic carbocycles. The van der Waals surface area contributed by atoms with Crippen LogP contribution < -0.4 is 0 Å². The van der Waals surface area contributed by atoms with Gasteiger partial charge >= 0.3 is 0 Å². The van der Waals surface area contributed by atoms with Gasteiger partial charge in [-0.3, -0.25) is 0 Å². The predicted octanol–water partition coefficient (Wildman–Crippen LogP) is 7.00. The Bertz CT molecular complexity index is 745. The van der Waals surface area contributed by atoms with Crippen LogP contribution >= 0.6 is 0 Å². The summed E-state index contributed by atoms with van der Waals surface area (Å²) in [6, 6.07) is 0. The Morgan fingerprint density at radius 2 is 1.78 bits per heavy atom. The predicted molar refractivity (Wildman–Crippen MR) is 132 cm³/mol. The van der Waals surface area contributed by atoms with E-state index >= 15 is 0 Å². The maximum absolute atomic E-state index is 11.0. The molecule has 2 heteroatoms. The topological polar surface area (TPSA) is 40.5 Å². The quantitative estimate of drug-likeness (QED) is 0.435. The molecule has 5 aliphatic rings. The highest BCUT2D eigenvalue weighted by molar-refractivity contribution is 5.22. The fourth-order valence-corrected chi connectivity index (χ4v) is 10.7. The molecule has 0 bridgehead atoms. The van der Waals surface area contributed by atoms with Gasteiger partial charge in [-0.25, -0.2) is 0 Å². The molecule has 6 unspecified atom stereocenters. The summed E-state index contributed by atoms with van der Waals surface area (Å²) in [5, 5.41) is 21.5. The molecule has 32 heavy (non-hydrogen) atoms. The smallest absolute Gasteiger partial charge is 0.0847 e. The third kappa shape index (κ3) is 3.10. The summed E-state index contributed by atoms with van der Waals surface area (Å²) in [5.74, 6) is 5.33. The van der Waals surface area contributed by atoms with Crippen LogP contribution in [0.15, 0.2) is 12.7 Å². The highest BCUT2D eigenvalue weighted by Crippen LogP contribution is 2.80. The summed E-state index contributed by atoms with van der Waals surface area (Å²) in [6.07, 6.45) is 15.6. The van der Waals surface area contributed by atoms with E-state index in [1.165, 1.54) is 44.9 Å². The second-order valence-corrected chi connectivity index (χ2v) is 14.1. The minimum Gasteiger partial charge on any atom is -0.393 e. The zero-order chi connectivity index (χ0) is 23.1. The van der Waals surface area contributed by atoms with Crippen LogP contribution in [0.1, 0.15) is 105 Å². The van der Waals surface area contributed by atoms with Gasteiger partial charge in [0.05, 0.1) is 11.7 Å². The summed E-state index contributed by atoms with van der Waals surface area (Å²) >= 11 is 0. The molecule has 0 amide bonds. The summed E-state index contributed by atoms with van der Waals surface area (Å²) < 4.78 is 0. The van der Waals surface area contributed by atoms with E-state index in [0.29, 0.717) is 22.2 Å². The van der Waals surface area contributed by atoms with Crippen molar-refractivity contribution in [2.75, 3.05) is 0 Å². The highest BCUT2D eigenvalue weighted by Gasteiger charge is 2.73. The van der Waals surface area contributed by atoms with E-state index in [9.17, 15) is 10.2 Å². The van der Waals surface area contributed by atoms with Crippen LogP contribution in [-0.2, 0) is 0 Å². The number of rotatable bonds is 6. The number of aliphatic hydroxyl groups is 2. The summed E-state index contributed by atoms with van der Waals surface area (Å²) in [6.45, 7) is 16.0. The molecule has 11 atom stereocenters. The van der Waals surface area contributed by atoms with Crippen LogP contribution in [-0.4, -0.2) is 21.9 Å². The summed E-state index contributed by atoms with van der Waals surface area (Å²) in [4.78, 5) is 0. The lowest BCUT2D eigenvalue weighted by atomic mass is 9.44. The molecule has 0 aromatic heterocycles. The Hall–Kier alpha value is -0.340. The molecule has 0 aromatic rings. The first-order chi connectivity index (χ1) is 15.0. The molecule has 0 heterocycles. The molecule has 2 N–H and O–H groups in total. The van der Waals surface area contributed by atoms with Gasteiger partial charge in [0.2, 0.25) is 0 Å². The molecule has 5 saturated carbocycles. The SMILES string of the molecule is C=C[C@](O)(CC[C@@H](C)C1CCC2C3C[C@@H]4C[C@@]45CC(O)CC[C@]5(C)C3CCC21C)C(C)C. The van der Waals surface area contributed by atoms with Crippen molar-refractivity contribution >= 4 is 0 Å². The molecule has 0 saturated heterocycles. The van der Waals surface area contributed by atoms with E-state index in [-0.39, 0.29) is 12.0 Å². The zero-order valence-electron chi connectivity index (χ0n) is 21.6. The Kier molecular flexibility index (Phi) is 5.54. The molecule has 2 nitrogen and oxygen atoms in total. The second kappa shape index (κ2) is 7.58. The summed E-state index contributed by atoms with van der Waals surface area (Å²) in [7, 11) is 0. The Morgan fingerprint density at radius 3 is 2.47 bits per heavy atom. The fraction of sp³-hybridized carbons (Fsp3) is 0.933. The van der Waals surface area contributed by atoms with Gasteiger partial charge in [0.15, 0.2) is 0 Å². The molecule has 5 fully saturated rings. The average molecular weight is 443 g/mol. The largest absolute Gasteiger partial charge is 0.393 e. The molecule has 182 valence electrons. The van der Waals surface area contributed by atoms with Gasteiger partial charge in [-0.15, -0.1) is 6.58 Å². The van der Waals surface area contributed by atoms with Gasteiger partial charge in [0.25, 0.3) is 0 Å². The van der Waals surface area contributed by atoms with E-state index in [2.05, 4.69) is 41.2 Å². The number of hydrogen-bond donors (Lipinski definition) is 2. The lowest BCUT2D eigenvalue weighted by molar-refractivity contribution is -0.138. The first-order valence-corrected chi connectivity index (χ1v) is 14.0. The van der Waals surface area contributed by atoms with Crippen LogP contribution in [0.4, 0.5) is 0 Å². The maximum atomic E-state index is 11.0. The zero-order valence-corrected chi connectivity index (χ0v) is 21.6. The monoisotopic (exact) mass is 442 g/mol. The van der Waals surface area contributed by atoms with E-state index in [1.54, 1.807) is 6.08 Å². The Labute approximate surface area is 197 Å². The van der Waals surface area contributed by atoms with Crippen LogP contribution in [0.5, 0.6) is 0 Å². The van der Waals surface area contributed by atoms with Crippen LogP contribution in [0.3, 0.4) is 0 Å². The van der Waals surface area contributed by atoms with E-state index in [4.69, 9.17) is 0 Å². The summed E-state index contributed by atoms with van der Waals surface area (Å²) in [5.41, 5.74) is 0.757. The molecule has 5 rings (SSSR count). The van der Waals surface area contributed by atoms with Gasteiger partial charge in [-0.2, -0.15) is 0 Å². The minimum absolute atomic E-state index is 0.0322. The van der Waals surface area contributed by atoms with Crippen LogP contribution in [0, 0.1) is 57.7 Å². The second-order valence-electron chi connectivity index (χ2n) is 14.1. The molecular formula is C30H50O2. The Morgan fingerprint density at radius 1 is 1.03 bits per heavy atom. The van der Waals surface area contributed by atoms with Gasteiger partial charge < -0.3 is 10.2 Å². The van der Waals surface area contributed by atoms with Crippen LogP contribution in [0.2, 0.25) is 0 Å². The van der Waals surface area contributed by atoms with Gasteiger partial charge in [-0.05, 0) is 128 Å². The molecule has 5 aliphatic carbocycles. The molecule has 1 spiro atoms. The minimum atomic E-state index is -0.719. The average Bonchev–Trinajstić information content (AvgIpc) is 3.32. The normalized spacial score (nSPS) is 52.2. The number of fused-ring (bicyclic) bond motifs is 4. The van der Waals surface area contributed by atoms with Gasteiger partial charge in [-0.1, -0.05) is 40.7 Å². The first kappa shape index (κ1) is 23.4. The maximum Gasteiger partial charge on any atom is 0.0847 e. The van der Waals surface area contributed by atoms with Crippen molar-refractivity contribution in [2.24, 2.45) is 57.7 Å². The standard InChI is InChI=1S/C30H50O2/c1-7-30(32,19(2)3)15-10-20(4)24-8-9-25-23-16-21-17-29(21)18-22(31)11-14-28(29,6)26(23)12-13-27(24,25)5/h7,19-26,31-32H,1,8-18H2,2-6H3/t20-,21-,22?,23?,24?,25?,26?,27?,28-,29-,30+/m1/s1. The van der Waals surface area contributed by atoms with Crippen molar-refractivity contribution in [2.45, 2.75) is 117 Å². The number of aliphatic hydroxyl groups excluding tert-OH is 1. The fourth-order valence-electron chi connectivity index (χ4n) is 10.7. The van der Waals surface area contributed by atoms with Crippen molar-refractivity contribution < 1.29 is 10.2 Å². The molecule has 0 aliphatic heterocycles. The Balaban J connectivity index is 1.32. The van der Waals surface area contributed by atoms with E-state index in [1.807, 2.05) is 0 Å². The highest BCUT2D eigenvalue weighted by atomic mass is 16.3. The van der Waals surface area contributed by atoms with E-state index in [0.717, 1.165) is 55.3 Å². The third-order valence-corrected chi connectivity index (χ3v) is 12.9. The lowest BCUT2D eigenvalue weighted by Crippen LogP contribution is -2.55. The lowest BCUT2D eigenvalue weighted by Gasteiger charge is -2.61. The first-order valence-electron chi connectivity index (χ1n) is 14.0. The van der Waals surface area contributed by atoms with Crippen molar-refractivity contribution in [3.8, 4) is 0 Å². The molecule has 0 radical (unpaired) electrons. The van der Waals surface area contributed by atoms with Gasteiger partial charge in [0, 0.05) is 0 Å². The van der Waals surface area contributed by atoms with Crippen molar-refractivity contribution in [1.82, 2.24) is 0 Å². The third-order valence-electron chi connectivity index (χ3n) is 12.9. The van der Waals surface area contributed by atoms with E-state index < -0.39 is 5.60 Å². The molecular weight excluding hydrogens is 392 g/mol. The van der Waals surface area contributed by atoms with Gasteiger partial charge in [0.1, 0.15) is 0 Å².